The topological polar surface area (TPSA) is 49.4 Å². The zero-order valence-electron chi connectivity index (χ0n) is 17.4. The normalized spacial score (nSPS) is 13.8. The summed E-state index contributed by atoms with van der Waals surface area (Å²) in [7, 11) is 0. The summed E-state index contributed by atoms with van der Waals surface area (Å²) >= 11 is 6.24. The van der Waals surface area contributed by atoms with Gasteiger partial charge in [0.05, 0.1) is 12.1 Å². The molecule has 7 heteroatoms. The highest BCUT2D eigenvalue weighted by Crippen LogP contribution is 2.34. The number of anilines is 1. The summed E-state index contributed by atoms with van der Waals surface area (Å²) in [6.45, 7) is 3.75. The Labute approximate surface area is 189 Å². The monoisotopic (exact) mass is 452 g/mol. The van der Waals surface area contributed by atoms with Crippen molar-refractivity contribution in [3.8, 4) is 0 Å². The number of hydrogen-bond acceptors (Lipinski definition) is 3. The highest BCUT2D eigenvalue weighted by Gasteiger charge is 2.40. The van der Waals surface area contributed by atoms with Crippen LogP contribution < -0.4 is 5.32 Å². The molecule has 0 aliphatic carbocycles. The van der Waals surface area contributed by atoms with Crippen molar-refractivity contribution in [2.45, 2.75) is 20.4 Å². The molecule has 0 bridgehead atoms. The summed E-state index contributed by atoms with van der Waals surface area (Å²) in [6, 6.07) is 15.7. The summed E-state index contributed by atoms with van der Waals surface area (Å²) in [5.74, 6) is -3.14. The maximum Gasteiger partial charge on any atom is 0.278 e. The van der Waals surface area contributed by atoms with Crippen LogP contribution in [0.3, 0.4) is 0 Å². The molecule has 32 heavy (non-hydrogen) atoms. The van der Waals surface area contributed by atoms with E-state index in [9.17, 15) is 18.4 Å². The van der Waals surface area contributed by atoms with Gasteiger partial charge in [-0.1, -0.05) is 53.6 Å². The number of benzene rings is 3. The van der Waals surface area contributed by atoms with Crippen LogP contribution >= 0.6 is 11.6 Å². The lowest BCUT2D eigenvalue weighted by Gasteiger charge is -2.16. The first-order valence-corrected chi connectivity index (χ1v) is 10.3. The first kappa shape index (κ1) is 21.7. The third-order valence-corrected chi connectivity index (χ3v) is 5.66. The number of hydrogen-bond donors (Lipinski definition) is 1. The number of amides is 2. The Kier molecular flexibility index (Phi) is 5.80. The molecule has 162 valence electrons. The van der Waals surface area contributed by atoms with E-state index in [4.69, 9.17) is 11.6 Å². The molecule has 0 saturated heterocycles. The van der Waals surface area contributed by atoms with Gasteiger partial charge in [-0.3, -0.25) is 14.5 Å². The van der Waals surface area contributed by atoms with Crippen molar-refractivity contribution in [1.82, 2.24) is 4.90 Å². The van der Waals surface area contributed by atoms with Crippen molar-refractivity contribution in [2.24, 2.45) is 0 Å². The Bertz CT molecular complexity index is 1290. The van der Waals surface area contributed by atoms with Gasteiger partial charge in [-0.15, -0.1) is 0 Å². The molecular weight excluding hydrogens is 434 g/mol. The third-order valence-electron chi connectivity index (χ3n) is 5.29. The molecule has 0 fully saturated rings. The summed E-state index contributed by atoms with van der Waals surface area (Å²) in [5, 5.41) is 3.27. The van der Waals surface area contributed by atoms with Crippen molar-refractivity contribution in [3.63, 3.8) is 0 Å². The Morgan fingerprint density at radius 1 is 0.906 bits per heavy atom. The quantitative estimate of drug-likeness (QED) is 0.510. The van der Waals surface area contributed by atoms with E-state index in [-0.39, 0.29) is 23.5 Å². The van der Waals surface area contributed by atoms with Crippen LogP contribution in [-0.4, -0.2) is 16.7 Å². The van der Waals surface area contributed by atoms with E-state index in [1.54, 1.807) is 30.3 Å². The molecule has 3 aromatic carbocycles. The van der Waals surface area contributed by atoms with Crippen molar-refractivity contribution >= 4 is 34.7 Å². The smallest absolute Gasteiger partial charge is 0.278 e. The lowest BCUT2D eigenvalue weighted by Crippen LogP contribution is -2.32. The van der Waals surface area contributed by atoms with Gasteiger partial charge in [-0.2, -0.15) is 0 Å². The molecule has 3 aromatic rings. The second-order valence-electron chi connectivity index (χ2n) is 7.61. The maximum atomic E-state index is 13.8. The predicted molar refractivity (Wildman–Crippen MR) is 120 cm³/mol. The molecule has 0 saturated carbocycles. The molecule has 1 N–H and O–H groups in total. The van der Waals surface area contributed by atoms with Gasteiger partial charge in [0.15, 0.2) is 11.6 Å². The van der Waals surface area contributed by atoms with Crippen LogP contribution in [0.25, 0.3) is 5.57 Å². The van der Waals surface area contributed by atoms with Gasteiger partial charge >= 0.3 is 0 Å². The minimum atomic E-state index is -1.06. The van der Waals surface area contributed by atoms with E-state index >= 15 is 0 Å². The third kappa shape index (κ3) is 4.01. The Morgan fingerprint density at radius 3 is 2.34 bits per heavy atom. The molecule has 4 rings (SSSR count). The van der Waals surface area contributed by atoms with Crippen LogP contribution in [0.4, 0.5) is 14.5 Å². The Balaban J connectivity index is 1.80. The standard InChI is InChI=1S/C25H19ClF2N2O2/c1-14-7-9-18(15(2)11-14)22-23(29-17-8-10-20(27)21(28)12-17)25(32)30(24(22)31)13-16-5-3-4-6-19(16)26/h3-12,29H,13H2,1-2H3. The zero-order chi connectivity index (χ0) is 23.0. The van der Waals surface area contributed by atoms with E-state index in [2.05, 4.69) is 5.32 Å². The van der Waals surface area contributed by atoms with Crippen molar-refractivity contribution in [2.75, 3.05) is 5.32 Å². The van der Waals surface area contributed by atoms with E-state index in [1.165, 1.54) is 6.07 Å². The maximum absolute atomic E-state index is 13.8. The van der Waals surface area contributed by atoms with Crippen LogP contribution in [0.15, 0.2) is 66.4 Å². The first-order chi connectivity index (χ1) is 15.3. The second-order valence-corrected chi connectivity index (χ2v) is 8.02. The molecule has 0 aromatic heterocycles. The number of carbonyl (C=O) groups is 2. The van der Waals surface area contributed by atoms with E-state index < -0.39 is 23.4 Å². The van der Waals surface area contributed by atoms with Crippen LogP contribution in [0.2, 0.25) is 5.02 Å². The zero-order valence-corrected chi connectivity index (χ0v) is 18.1. The minimum absolute atomic E-state index is 0.0000137. The van der Waals surface area contributed by atoms with Crippen LogP contribution in [0.1, 0.15) is 22.3 Å². The molecule has 1 aliphatic heterocycles. The Hall–Kier alpha value is -3.51. The number of aryl methyl sites for hydroxylation is 2. The fourth-order valence-electron chi connectivity index (χ4n) is 3.69. The van der Waals surface area contributed by atoms with Gasteiger partial charge in [0.25, 0.3) is 11.8 Å². The molecule has 0 unspecified atom stereocenters. The molecule has 4 nitrogen and oxygen atoms in total. The molecule has 1 aliphatic rings. The summed E-state index contributed by atoms with van der Waals surface area (Å²) in [4.78, 5) is 27.8. The summed E-state index contributed by atoms with van der Waals surface area (Å²) < 4.78 is 27.1. The SMILES string of the molecule is Cc1ccc(C2=C(Nc3ccc(F)c(F)c3)C(=O)N(Cc3ccccc3Cl)C2=O)c(C)c1. The van der Waals surface area contributed by atoms with Gasteiger partial charge in [0, 0.05) is 16.8 Å². The van der Waals surface area contributed by atoms with Crippen LogP contribution in [-0.2, 0) is 16.1 Å². The fourth-order valence-corrected chi connectivity index (χ4v) is 3.89. The van der Waals surface area contributed by atoms with Crippen molar-refractivity contribution < 1.29 is 18.4 Å². The number of rotatable bonds is 5. The lowest BCUT2D eigenvalue weighted by atomic mass is 9.97. The Morgan fingerprint density at radius 2 is 1.66 bits per heavy atom. The molecule has 0 radical (unpaired) electrons. The predicted octanol–water partition coefficient (Wildman–Crippen LogP) is 5.63. The molecular formula is C25H19ClF2N2O2. The second kappa shape index (κ2) is 8.55. The lowest BCUT2D eigenvalue weighted by molar-refractivity contribution is -0.137. The van der Waals surface area contributed by atoms with Crippen LogP contribution in [0, 0.1) is 25.5 Å². The summed E-state index contributed by atoms with van der Waals surface area (Å²) in [5.41, 5.74) is 3.34. The van der Waals surface area contributed by atoms with Gasteiger partial charge in [-0.25, -0.2) is 8.78 Å². The van der Waals surface area contributed by atoms with E-state index in [0.717, 1.165) is 28.2 Å². The number of carbonyl (C=O) groups excluding carboxylic acids is 2. The molecule has 2 amide bonds. The molecule has 1 heterocycles. The van der Waals surface area contributed by atoms with E-state index in [1.807, 2.05) is 26.0 Å². The summed E-state index contributed by atoms with van der Waals surface area (Å²) in [6.07, 6.45) is 0. The number of nitrogens with one attached hydrogen (secondary N) is 1. The van der Waals surface area contributed by atoms with Crippen molar-refractivity contribution in [1.29, 1.82) is 0 Å². The van der Waals surface area contributed by atoms with Gasteiger partial charge in [-0.05, 0) is 48.7 Å². The van der Waals surface area contributed by atoms with Crippen LogP contribution in [0.5, 0.6) is 0 Å². The molecule has 0 atom stereocenters. The van der Waals surface area contributed by atoms with Gasteiger partial charge in [0.1, 0.15) is 5.70 Å². The van der Waals surface area contributed by atoms with Gasteiger partial charge < -0.3 is 5.32 Å². The average molecular weight is 453 g/mol. The minimum Gasteiger partial charge on any atom is -0.350 e. The number of imide groups is 1. The average Bonchev–Trinajstić information content (AvgIpc) is 2.97. The number of nitrogens with zero attached hydrogens (tertiary/aromatic N) is 1. The van der Waals surface area contributed by atoms with Gasteiger partial charge in [0.2, 0.25) is 0 Å². The highest BCUT2D eigenvalue weighted by molar-refractivity contribution is 6.37. The number of halogens is 3. The largest absolute Gasteiger partial charge is 0.350 e. The first-order valence-electron chi connectivity index (χ1n) is 9.90. The highest BCUT2D eigenvalue weighted by atomic mass is 35.5. The molecule has 0 spiro atoms. The van der Waals surface area contributed by atoms with Crippen molar-refractivity contribution in [3.05, 3.63) is 105 Å². The van der Waals surface area contributed by atoms with E-state index in [0.29, 0.717) is 16.1 Å². The fraction of sp³-hybridized carbons (Fsp3) is 0.120.